The van der Waals surface area contributed by atoms with E-state index >= 15 is 0 Å². The van der Waals surface area contributed by atoms with Gasteiger partial charge in [-0.15, -0.1) is 18.3 Å². The van der Waals surface area contributed by atoms with Crippen LogP contribution in [0.5, 0.6) is 0 Å². The molecule has 0 aromatic heterocycles. The molecule has 3 heterocycles. The fraction of sp³-hybridized carbons (Fsp3) is 0.792. The number of carbonyl (C=O) groups excluding carboxylic acids is 3. The van der Waals surface area contributed by atoms with E-state index in [1.54, 1.807) is 34.6 Å². The van der Waals surface area contributed by atoms with Gasteiger partial charge in [0.25, 0.3) is 0 Å². The van der Waals surface area contributed by atoms with Crippen molar-refractivity contribution in [3.63, 3.8) is 0 Å². The largest absolute Gasteiger partial charge is 0.466 e. The van der Waals surface area contributed by atoms with Gasteiger partial charge in [0.05, 0.1) is 23.2 Å². The molecule has 3 aliphatic rings. The summed E-state index contributed by atoms with van der Waals surface area (Å²) < 4.78 is 4.77. The van der Waals surface area contributed by atoms with Crippen molar-refractivity contribution in [3.8, 4) is 0 Å². The molecule has 8 heteroatoms. The summed E-state index contributed by atoms with van der Waals surface area (Å²) in [5.74, 6) is -1.32. The first-order valence-corrected chi connectivity index (χ1v) is 12.8. The molecule has 1 N–H and O–H groups in total. The number of aliphatic hydroxyl groups excluding tert-OH is 1. The lowest BCUT2D eigenvalue weighted by atomic mass is 9.66. The Balaban J connectivity index is 2.02. The molecule has 0 aromatic rings. The first-order chi connectivity index (χ1) is 15.3. The van der Waals surface area contributed by atoms with E-state index in [0.29, 0.717) is 25.9 Å². The number of esters is 1. The Bertz CT molecular complexity index is 744. The van der Waals surface area contributed by atoms with Gasteiger partial charge in [-0.25, -0.2) is 0 Å². The van der Waals surface area contributed by atoms with Gasteiger partial charge < -0.3 is 19.6 Å². The van der Waals surface area contributed by atoms with Crippen molar-refractivity contribution in [2.24, 2.45) is 17.8 Å². The van der Waals surface area contributed by atoms with E-state index in [1.807, 2.05) is 13.8 Å². The summed E-state index contributed by atoms with van der Waals surface area (Å²) in [5.41, 5.74) is 0. The van der Waals surface area contributed by atoms with Crippen LogP contribution in [-0.2, 0) is 19.1 Å². The molecule has 0 aromatic carbocycles. The van der Waals surface area contributed by atoms with E-state index in [9.17, 15) is 14.4 Å². The number of amides is 2. The van der Waals surface area contributed by atoms with Crippen molar-refractivity contribution in [2.45, 2.75) is 75.5 Å². The number of unbranched alkanes of at least 4 members (excludes halogenated alkanes) is 2. The normalized spacial score (nSPS) is 33.0. The number of fused-ring (bicyclic) bond motifs is 1. The van der Waals surface area contributed by atoms with Gasteiger partial charge in [0.15, 0.2) is 0 Å². The van der Waals surface area contributed by atoms with Gasteiger partial charge in [0, 0.05) is 31.0 Å². The first-order valence-electron chi connectivity index (χ1n) is 11.9. The number of carbonyl (C=O) groups is 3. The highest BCUT2D eigenvalue weighted by Crippen LogP contribution is 2.68. The number of hydrogen-bond acceptors (Lipinski definition) is 6. The lowest BCUT2D eigenvalue weighted by Gasteiger charge is -2.41. The minimum atomic E-state index is -0.610. The molecule has 3 saturated heterocycles. The van der Waals surface area contributed by atoms with Gasteiger partial charge in [0.1, 0.15) is 6.04 Å². The van der Waals surface area contributed by atoms with Gasteiger partial charge in [0.2, 0.25) is 11.8 Å². The summed E-state index contributed by atoms with van der Waals surface area (Å²) in [6, 6.07) is -0.622. The highest BCUT2D eigenvalue weighted by Gasteiger charge is 2.76. The summed E-state index contributed by atoms with van der Waals surface area (Å²) in [5, 5.41) is 9.15. The molecular formula is C24H38N2O5S. The van der Waals surface area contributed by atoms with Crippen LogP contribution in [-0.4, -0.2) is 81.1 Å². The molecule has 2 amide bonds. The molecule has 3 aliphatic heterocycles. The van der Waals surface area contributed by atoms with Crippen LogP contribution >= 0.6 is 11.8 Å². The second-order valence-corrected chi connectivity index (χ2v) is 11.0. The van der Waals surface area contributed by atoms with E-state index in [4.69, 9.17) is 9.84 Å². The minimum absolute atomic E-state index is 0.0109. The third kappa shape index (κ3) is 3.98. The molecule has 0 saturated carbocycles. The lowest BCUT2D eigenvalue weighted by Crippen LogP contribution is -2.58. The third-order valence-electron chi connectivity index (χ3n) is 7.33. The molecule has 6 atom stereocenters. The maximum Gasteiger partial charge on any atom is 0.310 e. The van der Waals surface area contributed by atoms with Crippen LogP contribution in [0.2, 0.25) is 0 Å². The van der Waals surface area contributed by atoms with Crippen LogP contribution < -0.4 is 0 Å². The van der Waals surface area contributed by atoms with E-state index in [1.165, 1.54) is 0 Å². The molecule has 0 radical (unpaired) electrons. The van der Waals surface area contributed by atoms with E-state index in [2.05, 4.69) is 13.5 Å². The van der Waals surface area contributed by atoms with Crippen LogP contribution in [0.3, 0.4) is 0 Å². The Morgan fingerprint density at radius 1 is 1.38 bits per heavy atom. The van der Waals surface area contributed by atoms with E-state index in [0.717, 1.165) is 12.8 Å². The fourth-order valence-corrected chi connectivity index (χ4v) is 8.37. The summed E-state index contributed by atoms with van der Waals surface area (Å²) in [6.45, 7) is 12.9. The zero-order valence-electron chi connectivity index (χ0n) is 19.8. The number of aliphatic hydroxyl groups is 1. The molecule has 7 nitrogen and oxygen atoms in total. The third-order valence-corrected chi connectivity index (χ3v) is 9.40. The zero-order valence-corrected chi connectivity index (χ0v) is 20.6. The van der Waals surface area contributed by atoms with Crippen molar-refractivity contribution in [3.05, 3.63) is 12.7 Å². The smallest absolute Gasteiger partial charge is 0.310 e. The highest BCUT2D eigenvalue weighted by atomic mass is 32.2. The van der Waals surface area contributed by atoms with Crippen molar-refractivity contribution < 1.29 is 24.2 Å². The van der Waals surface area contributed by atoms with Gasteiger partial charge in [-0.05, 0) is 52.4 Å². The molecule has 3 fully saturated rings. The summed E-state index contributed by atoms with van der Waals surface area (Å²) in [7, 11) is 0. The zero-order chi connectivity index (χ0) is 23.6. The molecule has 0 aliphatic carbocycles. The van der Waals surface area contributed by atoms with Crippen molar-refractivity contribution in [1.82, 2.24) is 9.80 Å². The molecular weight excluding hydrogens is 428 g/mol. The van der Waals surface area contributed by atoms with Gasteiger partial charge in [-0.1, -0.05) is 13.0 Å². The number of rotatable bonds is 11. The second-order valence-electron chi connectivity index (χ2n) is 9.49. The molecule has 180 valence electrons. The SMILES string of the molecule is C=CCN(C(=O)C1N(CCCCCO)C(=O)[C@@H]2[C@H](C(=O)OCC)[C@@H]3CC(C)C12S3)C(C)C. The Hall–Kier alpha value is -1.54. The molecule has 3 rings (SSSR count). The molecule has 3 unspecified atom stereocenters. The fourth-order valence-electron chi connectivity index (χ4n) is 5.97. The first kappa shape index (κ1) is 25.1. The van der Waals surface area contributed by atoms with Crippen LogP contribution in [0, 0.1) is 17.8 Å². The monoisotopic (exact) mass is 466 g/mol. The minimum Gasteiger partial charge on any atom is -0.466 e. The van der Waals surface area contributed by atoms with Crippen LogP contribution in [0.25, 0.3) is 0 Å². The molecule has 32 heavy (non-hydrogen) atoms. The Morgan fingerprint density at radius 2 is 2.09 bits per heavy atom. The summed E-state index contributed by atoms with van der Waals surface area (Å²) >= 11 is 1.68. The average Bonchev–Trinajstić information content (AvgIpc) is 3.33. The molecule has 2 bridgehead atoms. The number of thioether (sulfide) groups is 1. The maximum atomic E-state index is 14.0. The van der Waals surface area contributed by atoms with Gasteiger partial charge in [-0.2, -0.15) is 0 Å². The Kier molecular flexibility index (Phi) is 7.97. The number of nitrogens with zero attached hydrogens (tertiary/aromatic N) is 2. The predicted molar refractivity (Wildman–Crippen MR) is 125 cm³/mol. The van der Waals surface area contributed by atoms with Crippen LogP contribution in [0.4, 0.5) is 0 Å². The van der Waals surface area contributed by atoms with Crippen LogP contribution in [0.1, 0.15) is 53.4 Å². The Morgan fingerprint density at radius 3 is 2.69 bits per heavy atom. The summed E-state index contributed by atoms with van der Waals surface area (Å²) in [4.78, 5) is 44.3. The topological polar surface area (TPSA) is 87.2 Å². The second kappa shape index (κ2) is 10.2. The quantitative estimate of drug-likeness (QED) is 0.286. The van der Waals surface area contributed by atoms with Crippen LogP contribution in [0.15, 0.2) is 12.7 Å². The number of ether oxygens (including phenoxy) is 1. The van der Waals surface area contributed by atoms with Crippen molar-refractivity contribution in [2.75, 3.05) is 26.3 Å². The number of hydrogen-bond donors (Lipinski definition) is 1. The Labute approximate surface area is 195 Å². The summed E-state index contributed by atoms with van der Waals surface area (Å²) in [6.07, 6.45) is 4.70. The molecule has 1 spiro atoms. The highest BCUT2D eigenvalue weighted by molar-refractivity contribution is 8.02. The maximum absolute atomic E-state index is 14.0. The van der Waals surface area contributed by atoms with Gasteiger partial charge in [-0.3, -0.25) is 14.4 Å². The lowest BCUT2D eigenvalue weighted by molar-refractivity contribution is -0.154. The van der Waals surface area contributed by atoms with Crippen molar-refractivity contribution in [1.29, 1.82) is 0 Å². The number of likely N-dealkylation sites (tertiary alicyclic amines) is 1. The van der Waals surface area contributed by atoms with E-state index < -0.39 is 22.6 Å². The standard InChI is InChI=1S/C24H38N2O5S/c1-6-11-25(15(3)4)22(29)20-24-16(5)14-17(32-24)18(23(30)31-7-2)19(24)21(28)26(20)12-9-8-10-13-27/h6,15-20,27H,1,7-14H2,2-5H3/t16?,17-,18+,19-,20?,24?/m0/s1. The van der Waals surface area contributed by atoms with Crippen molar-refractivity contribution >= 4 is 29.5 Å². The predicted octanol–water partition coefficient (Wildman–Crippen LogP) is 2.47. The average molecular weight is 467 g/mol. The van der Waals surface area contributed by atoms with E-state index in [-0.39, 0.29) is 48.2 Å². The van der Waals surface area contributed by atoms with Gasteiger partial charge >= 0.3 is 5.97 Å².